The van der Waals surface area contributed by atoms with E-state index in [1.807, 2.05) is 0 Å². The molecule has 7 heteroatoms. The fraction of sp³-hybridized carbons (Fsp3) is 0.412. The third-order valence-corrected chi connectivity index (χ3v) is 3.95. The fourth-order valence-electron chi connectivity index (χ4n) is 2.44. The van der Waals surface area contributed by atoms with Crippen LogP contribution in [0.5, 0.6) is 0 Å². The first-order valence-corrected chi connectivity index (χ1v) is 8.03. The third-order valence-electron chi connectivity index (χ3n) is 3.95. The van der Waals surface area contributed by atoms with E-state index in [9.17, 15) is 9.59 Å². The number of carboxylic acid groups (broad SMARTS) is 1. The van der Waals surface area contributed by atoms with Crippen molar-refractivity contribution >= 4 is 11.9 Å². The number of amides is 1. The van der Waals surface area contributed by atoms with Crippen LogP contribution in [0.4, 0.5) is 0 Å². The van der Waals surface area contributed by atoms with Gasteiger partial charge in [-0.2, -0.15) is 0 Å². The first kappa shape index (κ1) is 16.2. The Kier molecular flexibility index (Phi) is 4.59. The lowest BCUT2D eigenvalue weighted by atomic mass is 10.2. The molecule has 1 amide bonds. The molecule has 0 spiro atoms. The van der Waals surface area contributed by atoms with Gasteiger partial charge in [-0.25, -0.2) is 14.8 Å². The summed E-state index contributed by atoms with van der Waals surface area (Å²) in [6.45, 7) is 2.17. The van der Waals surface area contributed by atoms with Crippen LogP contribution in [0.2, 0.25) is 0 Å². The predicted molar refractivity (Wildman–Crippen MR) is 85.1 cm³/mol. The van der Waals surface area contributed by atoms with Gasteiger partial charge in [-0.15, -0.1) is 0 Å². The molecule has 1 fully saturated rings. The Morgan fingerprint density at radius 3 is 2.58 bits per heavy atom. The average Bonchev–Trinajstić information content (AvgIpc) is 3.33. The minimum Gasteiger partial charge on any atom is -0.478 e. The molecule has 0 bridgehead atoms. The van der Waals surface area contributed by atoms with Gasteiger partial charge >= 0.3 is 5.97 Å². The summed E-state index contributed by atoms with van der Waals surface area (Å²) in [6, 6.07) is 1.27. The first-order chi connectivity index (χ1) is 11.6. The fourth-order valence-corrected chi connectivity index (χ4v) is 2.44. The van der Waals surface area contributed by atoms with Crippen LogP contribution in [0.3, 0.4) is 0 Å². The van der Waals surface area contributed by atoms with Crippen LogP contribution in [0.25, 0.3) is 0 Å². The quantitative estimate of drug-likeness (QED) is 0.806. The monoisotopic (exact) mass is 329 g/mol. The van der Waals surface area contributed by atoms with Crippen molar-refractivity contribution in [2.24, 2.45) is 0 Å². The van der Waals surface area contributed by atoms with Crippen molar-refractivity contribution in [3.8, 4) is 0 Å². The van der Waals surface area contributed by atoms with E-state index in [1.165, 1.54) is 6.07 Å². The lowest BCUT2D eigenvalue weighted by Crippen LogP contribution is -2.25. The number of rotatable bonds is 7. The van der Waals surface area contributed by atoms with Gasteiger partial charge in [-0.05, 0) is 24.8 Å². The molecule has 1 saturated carbocycles. The van der Waals surface area contributed by atoms with Crippen molar-refractivity contribution in [1.82, 2.24) is 15.3 Å². The number of carbonyl (C=O) groups excluding carboxylic acids is 1. The largest absolute Gasteiger partial charge is 0.478 e. The molecule has 0 saturated heterocycles. The average molecular weight is 329 g/mol. The minimum atomic E-state index is -1.09. The summed E-state index contributed by atoms with van der Waals surface area (Å²) in [5.41, 5.74) is 0.978. The second-order valence-electron chi connectivity index (χ2n) is 5.84. The summed E-state index contributed by atoms with van der Waals surface area (Å²) >= 11 is 0. The molecule has 0 aromatic carbocycles. The van der Waals surface area contributed by atoms with Crippen LogP contribution in [-0.4, -0.2) is 33.5 Å². The van der Waals surface area contributed by atoms with Crippen molar-refractivity contribution in [3.05, 3.63) is 46.9 Å². The Morgan fingerprint density at radius 2 is 2.04 bits per heavy atom. The lowest BCUT2D eigenvalue weighted by molar-refractivity contribution is 0.0694. The van der Waals surface area contributed by atoms with E-state index >= 15 is 0 Å². The molecular weight excluding hydrogens is 310 g/mol. The van der Waals surface area contributed by atoms with Gasteiger partial charge in [-0.3, -0.25) is 4.79 Å². The van der Waals surface area contributed by atoms with Gasteiger partial charge in [-0.1, -0.05) is 6.92 Å². The van der Waals surface area contributed by atoms with E-state index in [1.54, 1.807) is 19.3 Å². The minimum absolute atomic E-state index is 0.0181. The molecule has 2 aromatic heterocycles. The molecule has 0 unspecified atom stereocenters. The number of aromatic nitrogens is 2. The maximum atomic E-state index is 12.1. The smallest absolute Gasteiger partial charge is 0.339 e. The number of nitrogens with one attached hydrogen (secondary N) is 1. The summed E-state index contributed by atoms with van der Waals surface area (Å²) in [6.07, 6.45) is 6.92. The number of hydrogen-bond donors (Lipinski definition) is 2. The van der Waals surface area contributed by atoms with Crippen molar-refractivity contribution in [3.63, 3.8) is 0 Å². The summed E-state index contributed by atoms with van der Waals surface area (Å²) in [4.78, 5) is 31.8. The van der Waals surface area contributed by atoms with Crippen LogP contribution in [0.1, 0.15) is 63.7 Å². The Bertz CT molecular complexity index is 748. The van der Waals surface area contributed by atoms with Gasteiger partial charge in [0.1, 0.15) is 17.1 Å². The van der Waals surface area contributed by atoms with Crippen LogP contribution in [0, 0.1) is 0 Å². The summed E-state index contributed by atoms with van der Waals surface area (Å²) < 4.78 is 5.32. The second kappa shape index (κ2) is 6.82. The van der Waals surface area contributed by atoms with Gasteiger partial charge in [0.2, 0.25) is 0 Å². The molecule has 24 heavy (non-hydrogen) atoms. The summed E-state index contributed by atoms with van der Waals surface area (Å²) in [7, 11) is 0. The third kappa shape index (κ3) is 3.61. The molecule has 3 rings (SSSR count). The van der Waals surface area contributed by atoms with Crippen molar-refractivity contribution in [1.29, 1.82) is 0 Å². The van der Waals surface area contributed by atoms with E-state index in [4.69, 9.17) is 9.52 Å². The van der Waals surface area contributed by atoms with Gasteiger partial charge < -0.3 is 14.8 Å². The van der Waals surface area contributed by atoms with E-state index < -0.39 is 11.9 Å². The zero-order chi connectivity index (χ0) is 17.1. The number of furan rings is 1. The van der Waals surface area contributed by atoms with Gasteiger partial charge in [0.15, 0.2) is 5.76 Å². The molecule has 126 valence electrons. The number of nitrogens with zero attached hydrogens (tertiary/aromatic N) is 2. The Labute approximate surface area is 139 Å². The van der Waals surface area contributed by atoms with Crippen molar-refractivity contribution in [2.45, 2.75) is 38.5 Å². The van der Waals surface area contributed by atoms with E-state index in [-0.39, 0.29) is 11.3 Å². The highest BCUT2D eigenvalue weighted by molar-refractivity contribution is 5.96. The summed E-state index contributed by atoms with van der Waals surface area (Å²) in [5, 5.41) is 11.8. The highest BCUT2D eigenvalue weighted by atomic mass is 16.4. The maximum absolute atomic E-state index is 12.1. The number of aromatic carboxylic acids is 1. The number of hydrogen-bond acceptors (Lipinski definition) is 5. The van der Waals surface area contributed by atoms with Crippen LogP contribution in [0.15, 0.2) is 22.9 Å². The normalized spacial score (nSPS) is 13.7. The van der Waals surface area contributed by atoms with Crippen molar-refractivity contribution < 1.29 is 19.1 Å². The van der Waals surface area contributed by atoms with Crippen LogP contribution in [-0.2, 0) is 12.8 Å². The van der Waals surface area contributed by atoms with E-state index in [0.29, 0.717) is 31.1 Å². The molecule has 1 aliphatic carbocycles. The standard InChI is InChI=1S/C17H19N3O4/c1-2-13-12(17(22)23)7-14(24-13)16(21)18-6-5-10-8-19-15(20-9-10)11-3-4-11/h7-9,11H,2-6H2,1H3,(H,18,21)(H,22,23). The highest BCUT2D eigenvalue weighted by Gasteiger charge is 2.26. The van der Waals surface area contributed by atoms with Gasteiger partial charge in [0.25, 0.3) is 5.91 Å². The number of carboxylic acids is 1. The van der Waals surface area contributed by atoms with E-state index in [0.717, 1.165) is 24.2 Å². The van der Waals surface area contributed by atoms with E-state index in [2.05, 4.69) is 15.3 Å². The highest BCUT2D eigenvalue weighted by Crippen LogP contribution is 2.37. The summed E-state index contributed by atoms with van der Waals surface area (Å²) in [5.74, 6) is 0.220. The van der Waals surface area contributed by atoms with Crippen LogP contribution < -0.4 is 5.32 Å². The SMILES string of the molecule is CCc1oc(C(=O)NCCc2cnc(C3CC3)nc2)cc1C(=O)O. The number of aryl methyl sites for hydroxylation is 1. The Morgan fingerprint density at radius 1 is 1.33 bits per heavy atom. The topological polar surface area (TPSA) is 105 Å². The van der Waals surface area contributed by atoms with Crippen molar-refractivity contribution in [2.75, 3.05) is 6.54 Å². The molecule has 0 radical (unpaired) electrons. The van der Waals surface area contributed by atoms with Gasteiger partial charge in [0.05, 0.1) is 0 Å². The predicted octanol–water partition coefficient (Wildman–Crippen LogP) is 2.18. The Balaban J connectivity index is 1.54. The Hall–Kier alpha value is -2.70. The molecule has 2 heterocycles. The van der Waals surface area contributed by atoms with Gasteiger partial charge in [0, 0.05) is 37.3 Å². The first-order valence-electron chi connectivity index (χ1n) is 8.03. The zero-order valence-electron chi connectivity index (χ0n) is 13.4. The molecule has 0 aliphatic heterocycles. The maximum Gasteiger partial charge on any atom is 0.339 e. The number of carbonyl (C=O) groups is 2. The molecule has 7 nitrogen and oxygen atoms in total. The molecule has 1 aliphatic rings. The molecule has 0 atom stereocenters. The molecule has 2 aromatic rings. The lowest BCUT2D eigenvalue weighted by Gasteiger charge is -2.04. The molecule has 2 N–H and O–H groups in total. The molecular formula is C17H19N3O4. The van der Waals surface area contributed by atoms with Crippen LogP contribution >= 0.6 is 0 Å². The zero-order valence-corrected chi connectivity index (χ0v) is 13.4. The second-order valence-corrected chi connectivity index (χ2v) is 5.84.